The van der Waals surface area contributed by atoms with Crippen molar-refractivity contribution < 1.29 is 14.5 Å². The Morgan fingerprint density at radius 3 is 2.50 bits per heavy atom. The Morgan fingerprint density at radius 2 is 1.93 bits per heavy atom. The van der Waals surface area contributed by atoms with Gasteiger partial charge in [0.2, 0.25) is 0 Å². The van der Waals surface area contributed by atoms with Crippen LogP contribution in [0.2, 0.25) is 5.15 Å². The van der Waals surface area contributed by atoms with Gasteiger partial charge >= 0.3 is 0 Å². The van der Waals surface area contributed by atoms with Crippen LogP contribution in [0.4, 0.5) is 5.69 Å². The van der Waals surface area contributed by atoms with Crippen LogP contribution in [0, 0.1) is 23.0 Å². The molecule has 0 spiro atoms. The van der Waals surface area contributed by atoms with Gasteiger partial charge in [-0.05, 0) is 31.1 Å². The quantitative estimate of drug-likeness (QED) is 0.435. The Hall–Kier alpha value is -3.20. The highest BCUT2D eigenvalue weighted by Gasteiger charge is 2.13. The number of aromatic nitrogens is 2. The lowest BCUT2D eigenvalue weighted by molar-refractivity contribution is -0.384. The minimum absolute atomic E-state index is 0.131. The largest absolute Gasteiger partial charge is 0.269 e. The molecular weight excluding hydrogens is 386 g/mol. The Bertz CT molecular complexity index is 919. The molecule has 0 aliphatic rings. The third-order valence-corrected chi connectivity index (χ3v) is 4.09. The van der Waals surface area contributed by atoms with Crippen molar-refractivity contribution in [1.82, 2.24) is 20.6 Å². The van der Waals surface area contributed by atoms with Crippen molar-refractivity contribution in [2.45, 2.75) is 27.3 Å². The maximum absolute atomic E-state index is 12.0. The highest BCUT2D eigenvalue weighted by molar-refractivity contribution is 6.31. The number of aryl methyl sites for hydroxylation is 1. The average Bonchev–Trinajstić information content (AvgIpc) is 2.90. The van der Waals surface area contributed by atoms with Gasteiger partial charge in [0.05, 0.1) is 10.6 Å². The second-order valence-electron chi connectivity index (χ2n) is 6.45. The number of nitrogens with zero attached hydrogens (tertiary/aromatic N) is 3. The topological polar surface area (TPSA) is 119 Å². The molecule has 10 heteroatoms. The van der Waals surface area contributed by atoms with E-state index in [0.29, 0.717) is 28.9 Å². The summed E-state index contributed by atoms with van der Waals surface area (Å²) in [5.74, 6) is -0.801. The van der Waals surface area contributed by atoms with Crippen molar-refractivity contribution in [3.8, 4) is 0 Å². The van der Waals surface area contributed by atoms with Crippen molar-refractivity contribution in [1.29, 1.82) is 0 Å². The van der Waals surface area contributed by atoms with Crippen molar-refractivity contribution in [3.05, 3.63) is 62.4 Å². The number of hydrogen-bond acceptors (Lipinski definition) is 5. The van der Waals surface area contributed by atoms with E-state index >= 15 is 0 Å². The lowest BCUT2D eigenvalue weighted by Crippen LogP contribution is -2.40. The molecule has 148 valence electrons. The van der Waals surface area contributed by atoms with E-state index in [1.807, 2.05) is 13.8 Å². The summed E-state index contributed by atoms with van der Waals surface area (Å²) in [6.07, 6.45) is 2.75. The Morgan fingerprint density at radius 1 is 1.29 bits per heavy atom. The molecule has 9 nitrogen and oxygen atoms in total. The number of benzene rings is 1. The van der Waals surface area contributed by atoms with Gasteiger partial charge in [-0.15, -0.1) is 0 Å². The zero-order valence-electron chi connectivity index (χ0n) is 15.6. The van der Waals surface area contributed by atoms with E-state index in [0.717, 1.165) is 0 Å². The first-order valence-electron chi connectivity index (χ1n) is 8.44. The van der Waals surface area contributed by atoms with Gasteiger partial charge in [-0.25, -0.2) is 0 Å². The number of nitro groups is 1. The highest BCUT2D eigenvalue weighted by atomic mass is 35.5. The van der Waals surface area contributed by atoms with E-state index < -0.39 is 16.7 Å². The maximum Gasteiger partial charge on any atom is 0.269 e. The fourth-order valence-corrected chi connectivity index (χ4v) is 2.66. The molecule has 0 atom stereocenters. The monoisotopic (exact) mass is 405 g/mol. The van der Waals surface area contributed by atoms with Crippen LogP contribution in [0.1, 0.15) is 35.5 Å². The molecule has 1 heterocycles. The first-order valence-corrected chi connectivity index (χ1v) is 8.82. The first kappa shape index (κ1) is 21.1. The minimum atomic E-state index is -0.601. The van der Waals surface area contributed by atoms with Crippen molar-refractivity contribution >= 4 is 35.2 Å². The fraction of sp³-hybridized carbons (Fsp3) is 0.278. The Labute approximate surface area is 166 Å². The number of non-ortho nitro benzene ring substituents is 1. The summed E-state index contributed by atoms with van der Waals surface area (Å²) in [4.78, 5) is 33.9. The van der Waals surface area contributed by atoms with E-state index in [9.17, 15) is 19.7 Å². The normalized spacial score (nSPS) is 11.0. The highest BCUT2D eigenvalue weighted by Crippen LogP contribution is 2.22. The molecule has 1 aromatic carbocycles. The summed E-state index contributed by atoms with van der Waals surface area (Å²) >= 11 is 6.30. The third kappa shape index (κ3) is 5.40. The molecular formula is C18H20ClN5O4. The molecule has 0 radical (unpaired) electrons. The average molecular weight is 406 g/mol. The predicted molar refractivity (Wildman–Crippen MR) is 105 cm³/mol. The molecule has 0 fully saturated rings. The zero-order chi connectivity index (χ0) is 20.8. The van der Waals surface area contributed by atoms with E-state index in [2.05, 4.69) is 16.0 Å². The van der Waals surface area contributed by atoms with E-state index in [4.69, 9.17) is 11.6 Å². The molecule has 2 rings (SSSR count). The molecule has 2 amide bonds. The van der Waals surface area contributed by atoms with E-state index in [1.165, 1.54) is 36.4 Å². The Kier molecular flexibility index (Phi) is 6.89. The lowest BCUT2D eigenvalue weighted by Gasteiger charge is -2.06. The standard InChI is InChI=1S/C18H20ClN5O4/c1-11(2)10-23-17(19)15(12(3)22-23)8-9-16(25)20-21-18(26)13-4-6-14(7-5-13)24(27)28/h4-9,11H,10H2,1-3H3,(H,20,25)(H,21,26)/b9-8+. The Balaban J connectivity index is 1.96. The molecule has 1 aromatic heterocycles. The van der Waals surface area contributed by atoms with Crippen LogP contribution in [-0.2, 0) is 11.3 Å². The van der Waals surface area contributed by atoms with Crippen LogP contribution in [-0.4, -0.2) is 26.5 Å². The second kappa shape index (κ2) is 9.14. The third-order valence-electron chi connectivity index (χ3n) is 3.69. The molecule has 0 aliphatic heterocycles. The number of nitro benzene ring substituents is 1. The SMILES string of the molecule is Cc1nn(CC(C)C)c(Cl)c1/C=C/C(=O)NNC(=O)c1ccc([N+](=O)[O-])cc1. The summed E-state index contributed by atoms with van der Waals surface area (Å²) in [6, 6.07) is 5.00. The minimum Gasteiger partial charge on any atom is -0.268 e. The van der Waals surface area contributed by atoms with Crippen LogP contribution >= 0.6 is 11.6 Å². The molecule has 0 saturated carbocycles. The number of hydrogen-bond donors (Lipinski definition) is 2. The summed E-state index contributed by atoms with van der Waals surface area (Å²) in [5.41, 5.74) is 5.82. The van der Waals surface area contributed by atoms with Gasteiger partial charge in [-0.3, -0.25) is 35.2 Å². The van der Waals surface area contributed by atoms with Gasteiger partial charge in [0, 0.05) is 35.9 Å². The van der Waals surface area contributed by atoms with Crippen molar-refractivity contribution in [2.24, 2.45) is 5.92 Å². The number of nitrogens with one attached hydrogen (secondary N) is 2. The van der Waals surface area contributed by atoms with Crippen LogP contribution in [0.5, 0.6) is 0 Å². The van der Waals surface area contributed by atoms with Gasteiger partial charge in [-0.2, -0.15) is 5.10 Å². The predicted octanol–water partition coefficient (Wildman–Crippen LogP) is 2.88. The lowest BCUT2D eigenvalue weighted by atomic mass is 10.2. The second-order valence-corrected chi connectivity index (χ2v) is 6.80. The maximum atomic E-state index is 12.0. The van der Waals surface area contributed by atoms with Gasteiger partial charge in [-0.1, -0.05) is 25.4 Å². The molecule has 0 unspecified atom stereocenters. The molecule has 2 N–H and O–H groups in total. The van der Waals surface area contributed by atoms with Gasteiger partial charge in [0.1, 0.15) is 5.15 Å². The number of halogens is 1. The smallest absolute Gasteiger partial charge is 0.268 e. The molecule has 0 aliphatic carbocycles. The molecule has 2 aromatic rings. The van der Waals surface area contributed by atoms with Crippen LogP contribution in [0.3, 0.4) is 0 Å². The number of rotatable bonds is 6. The fourth-order valence-electron chi connectivity index (χ4n) is 2.35. The summed E-state index contributed by atoms with van der Waals surface area (Å²) in [7, 11) is 0. The number of carbonyl (C=O) groups is 2. The van der Waals surface area contributed by atoms with Crippen LogP contribution < -0.4 is 10.9 Å². The van der Waals surface area contributed by atoms with Gasteiger partial charge in [0.15, 0.2) is 0 Å². The summed E-state index contributed by atoms with van der Waals surface area (Å²) in [6.45, 7) is 6.54. The van der Waals surface area contributed by atoms with Crippen LogP contribution in [0.15, 0.2) is 30.3 Å². The molecule has 28 heavy (non-hydrogen) atoms. The van der Waals surface area contributed by atoms with E-state index in [1.54, 1.807) is 11.6 Å². The van der Waals surface area contributed by atoms with Crippen molar-refractivity contribution in [2.75, 3.05) is 0 Å². The van der Waals surface area contributed by atoms with Crippen molar-refractivity contribution in [3.63, 3.8) is 0 Å². The molecule has 0 bridgehead atoms. The zero-order valence-corrected chi connectivity index (χ0v) is 16.4. The number of hydrazine groups is 1. The number of carbonyl (C=O) groups excluding carboxylic acids is 2. The summed E-state index contributed by atoms with van der Waals surface area (Å²) in [5, 5.41) is 15.4. The first-order chi connectivity index (χ1) is 13.2. The number of amides is 2. The molecule has 0 saturated heterocycles. The van der Waals surface area contributed by atoms with Gasteiger partial charge < -0.3 is 0 Å². The summed E-state index contributed by atoms with van der Waals surface area (Å²) < 4.78 is 1.68. The van der Waals surface area contributed by atoms with E-state index in [-0.39, 0.29) is 11.3 Å². The van der Waals surface area contributed by atoms with Gasteiger partial charge in [0.25, 0.3) is 17.5 Å². The van der Waals surface area contributed by atoms with Crippen LogP contribution in [0.25, 0.3) is 6.08 Å².